The lowest BCUT2D eigenvalue weighted by molar-refractivity contribution is -0.265. The van der Waals surface area contributed by atoms with Crippen LogP contribution in [0.5, 0.6) is 0 Å². The van der Waals surface area contributed by atoms with Crippen LogP contribution in [0, 0.1) is 35.5 Å². The maximum atomic E-state index is 14.4. The van der Waals surface area contributed by atoms with Crippen molar-refractivity contribution in [3.8, 4) is 0 Å². The van der Waals surface area contributed by atoms with Gasteiger partial charge in [-0.1, -0.05) is 71.1 Å². The highest BCUT2D eigenvalue weighted by molar-refractivity contribution is 6.39. The highest BCUT2D eigenvalue weighted by atomic mass is 16.6. The second kappa shape index (κ2) is 30.2. The second-order valence-corrected chi connectivity index (χ2v) is 21.3. The molecule has 18 heteroatoms. The van der Waals surface area contributed by atoms with Gasteiger partial charge in [0.15, 0.2) is 5.78 Å². The maximum Gasteiger partial charge on any atom is 0.329 e. The molecule has 6 N–H and O–H groups in total. The Hall–Kier alpha value is -4.79. The van der Waals surface area contributed by atoms with Crippen molar-refractivity contribution in [3.05, 3.63) is 77.7 Å². The number of esters is 1. The van der Waals surface area contributed by atoms with Crippen molar-refractivity contribution in [2.75, 3.05) is 27.9 Å². The van der Waals surface area contributed by atoms with E-state index in [2.05, 4.69) is 4.98 Å². The summed E-state index contributed by atoms with van der Waals surface area (Å²) in [5.41, 5.74) is 3.79. The molecule has 0 radical (unpaired) electrons. The van der Waals surface area contributed by atoms with Gasteiger partial charge >= 0.3 is 5.97 Å². The number of piperidine rings is 1. The zero-order valence-corrected chi connectivity index (χ0v) is 45.9. The van der Waals surface area contributed by atoms with Crippen LogP contribution in [0.25, 0.3) is 0 Å². The van der Waals surface area contributed by atoms with Crippen LogP contribution in [0.15, 0.2) is 72.1 Å². The van der Waals surface area contributed by atoms with E-state index in [1.165, 1.54) is 24.4 Å². The van der Waals surface area contributed by atoms with Crippen molar-refractivity contribution in [1.29, 1.82) is 0 Å². The Morgan fingerprint density at radius 3 is 2.25 bits per heavy atom. The van der Waals surface area contributed by atoms with Gasteiger partial charge in [-0.15, -0.1) is 0 Å². The number of nitrogens with zero attached hydrogens (tertiary/aromatic N) is 2. The molecule has 3 aliphatic heterocycles. The van der Waals surface area contributed by atoms with Gasteiger partial charge < -0.3 is 43.9 Å². The van der Waals surface area contributed by atoms with E-state index in [1.54, 1.807) is 53.2 Å². The van der Waals surface area contributed by atoms with Gasteiger partial charge in [0.25, 0.3) is 17.6 Å². The first kappa shape index (κ1) is 62.7. The van der Waals surface area contributed by atoms with Gasteiger partial charge in [0.05, 0.1) is 24.4 Å². The molecule has 418 valence electrons. The number of carbonyl (C=O) groups excluding carboxylic acids is 6. The Balaban J connectivity index is 0.00000108. The van der Waals surface area contributed by atoms with Crippen LogP contribution in [0.4, 0.5) is 0 Å². The SMILES string of the molecule is CO[C@H]1C[C@@H]2CC[C@@H](C)[C@@](O)(O2)C(=O)C(=O)N2CCCC[C@H]2C(=O)O[C@H]([C@H](C)C[C@@H]2CC[C@@H](O)[C@H](OC)C2)CC(=O)[C@H](C)/C=C(\C)[C@@H](O)[C@@H](OC)C(=O)[C@H](C)C[C@H](C)/C=C/C=C/C=C/1C.NNC(=O)c1ccncc1. The standard InChI is InChI=1S/C51H79NO13.C6H7N3O/c1-30-16-12-11-13-17-31(2)42(61-8)28-38-21-19-36(7)51(60,65-38)48(57)49(58)52-23-15-14-18-39(52)50(59)64-43(33(4)26-37-20-22-40(53)44(27-37)62-9)29-41(54)32(3)25-35(6)46(56)47(63-10)45(55)34(5)24-30;7-9-6(10)5-1-3-8-4-2-5/h11-13,16-17,25,30,32-34,36-40,42-44,46-47,53,56,60H,14-15,18-24,26-29H2,1-10H3;1-4H,7H2,(H,9,10)/b13-11+,16-12+,31-17+,35-25+;/t30-,32-,33-,34-,36-,37+,38+,39+,40-,42+,43+,44-,46-,47+,51-;/m1./s1. The Morgan fingerprint density at radius 2 is 1.60 bits per heavy atom. The van der Waals surface area contributed by atoms with Gasteiger partial charge in [-0.3, -0.25) is 34.4 Å². The molecular formula is C57H86N4O14. The Kier molecular flexibility index (Phi) is 25.3. The fourth-order valence-corrected chi connectivity index (χ4v) is 10.7. The number of aliphatic hydroxyl groups is 3. The number of allylic oxidation sites excluding steroid dienone is 6. The molecule has 0 aromatic carbocycles. The number of Topliss-reactive ketones (excluding diaryl/α,β-unsaturated/α-hetero) is 3. The predicted octanol–water partition coefficient (Wildman–Crippen LogP) is 5.87. The number of cyclic esters (lactones) is 1. The van der Waals surface area contributed by atoms with Gasteiger partial charge in [0.2, 0.25) is 5.79 Å². The molecule has 1 aromatic rings. The second-order valence-electron chi connectivity index (χ2n) is 21.3. The van der Waals surface area contributed by atoms with Crippen molar-refractivity contribution in [2.24, 2.45) is 41.4 Å². The molecule has 0 unspecified atom stereocenters. The van der Waals surface area contributed by atoms with Gasteiger partial charge in [0.1, 0.15) is 30.1 Å². The van der Waals surface area contributed by atoms with E-state index in [0.717, 1.165) is 12.0 Å². The lowest BCUT2D eigenvalue weighted by Gasteiger charge is -2.42. The van der Waals surface area contributed by atoms with Crippen molar-refractivity contribution in [1.82, 2.24) is 15.3 Å². The molecule has 4 heterocycles. The largest absolute Gasteiger partial charge is 0.460 e. The fourth-order valence-electron chi connectivity index (χ4n) is 10.7. The number of amides is 2. The smallest absolute Gasteiger partial charge is 0.329 e. The van der Waals surface area contributed by atoms with Crippen LogP contribution in [0.3, 0.4) is 0 Å². The molecule has 2 saturated heterocycles. The summed E-state index contributed by atoms with van der Waals surface area (Å²) < 4.78 is 29.4. The molecule has 15 atom stereocenters. The molecule has 4 aliphatic rings. The number of fused-ring (bicyclic) bond motifs is 3. The van der Waals surface area contributed by atoms with E-state index in [0.29, 0.717) is 68.9 Å². The predicted molar refractivity (Wildman–Crippen MR) is 281 cm³/mol. The molecule has 1 aromatic heterocycles. The third-order valence-electron chi connectivity index (χ3n) is 15.6. The molecule has 18 nitrogen and oxygen atoms in total. The number of aliphatic hydroxyl groups excluding tert-OH is 2. The molecule has 3 fully saturated rings. The highest BCUT2D eigenvalue weighted by Crippen LogP contribution is 2.38. The van der Waals surface area contributed by atoms with E-state index in [9.17, 15) is 44.1 Å². The fraction of sp³-hybridized carbons (Fsp3) is 0.667. The summed E-state index contributed by atoms with van der Waals surface area (Å²) in [4.78, 5) is 86.3. The van der Waals surface area contributed by atoms with E-state index in [4.69, 9.17) is 29.5 Å². The van der Waals surface area contributed by atoms with Crippen LogP contribution in [-0.2, 0) is 47.7 Å². The minimum Gasteiger partial charge on any atom is -0.460 e. The first-order valence-corrected chi connectivity index (χ1v) is 26.7. The first-order chi connectivity index (χ1) is 35.6. The van der Waals surface area contributed by atoms with Crippen LogP contribution in [0.1, 0.15) is 136 Å². The van der Waals surface area contributed by atoms with Crippen LogP contribution in [-0.4, -0.2) is 143 Å². The molecule has 1 saturated carbocycles. The van der Waals surface area contributed by atoms with Crippen molar-refractivity contribution in [3.63, 3.8) is 0 Å². The number of carbonyl (C=O) groups is 6. The summed E-state index contributed by atoms with van der Waals surface area (Å²) in [6.45, 7) is 12.7. The third kappa shape index (κ3) is 17.6. The van der Waals surface area contributed by atoms with E-state index in [1.807, 2.05) is 63.5 Å². The Morgan fingerprint density at radius 1 is 0.893 bits per heavy atom. The zero-order chi connectivity index (χ0) is 55.6. The van der Waals surface area contributed by atoms with Crippen LogP contribution < -0.4 is 11.3 Å². The number of hydrogen-bond donors (Lipinski definition) is 5. The van der Waals surface area contributed by atoms with E-state index >= 15 is 0 Å². The lowest BCUT2D eigenvalue weighted by atomic mass is 9.78. The molecule has 5 rings (SSSR count). The molecule has 1 aliphatic carbocycles. The minimum atomic E-state index is -2.43. The summed E-state index contributed by atoms with van der Waals surface area (Å²) in [6, 6.07) is 2.03. The molecule has 2 bridgehead atoms. The maximum absolute atomic E-state index is 14.4. The summed E-state index contributed by atoms with van der Waals surface area (Å²) in [5, 5.41) is 33.8. The van der Waals surface area contributed by atoms with Crippen LogP contribution in [0.2, 0.25) is 0 Å². The highest BCUT2D eigenvalue weighted by Gasteiger charge is 2.53. The van der Waals surface area contributed by atoms with Gasteiger partial charge in [0, 0.05) is 76.4 Å². The van der Waals surface area contributed by atoms with Gasteiger partial charge in [-0.05, 0) is 119 Å². The Bertz CT molecular complexity index is 2180. The number of ether oxygens (including phenoxy) is 5. The summed E-state index contributed by atoms with van der Waals surface area (Å²) >= 11 is 0. The van der Waals surface area contributed by atoms with E-state index < -0.39 is 83.9 Å². The molecule has 0 spiro atoms. The number of rotatable bonds is 7. The van der Waals surface area contributed by atoms with Crippen LogP contribution >= 0.6 is 0 Å². The first-order valence-electron chi connectivity index (χ1n) is 26.7. The minimum absolute atomic E-state index is 0.0193. The summed E-state index contributed by atoms with van der Waals surface area (Å²) in [5.74, 6) is -3.38. The van der Waals surface area contributed by atoms with Crippen molar-refractivity contribution < 1.29 is 67.8 Å². The number of pyridine rings is 1. The number of nitrogens with two attached hydrogens (primary N) is 1. The normalized spacial score (nSPS) is 36.2. The van der Waals surface area contributed by atoms with Gasteiger partial charge in [-0.25, -0.2) is 10.6 Å². The summed E-state index contributed by atoms with van der Waals surface area (Å²) in [6.07, 6.45) is 14.2. The number of hydrogen-bond acceptors (Lipinski definition) is 16. The quantitative estimate of drug-likeness (QED) is 0.0534. The number of nitrogen functional groups attached to an aromatic ring is 1. The number of nitrogens with one attached hydrogen (secondary N) is 1. The van der Waals surface area contributed by atoms with Crippen molar-refractivity contribution in [2.45, 2.75) is 180 Å². The average Bonchev–Trinajstić information content (AvgIpc) is 3.40. The summed E-state index contributed by atoms with van der Waals surface area (Å²) in [7, 11) is 4.52. The monoisotopic (exact) mass is 1050 g/mol. The molecule has 75 heavy (non-hydrogen) atoms. The average molecular weight is 1050 g/mol. The number of methoxy groups -OCH3 is 3. The zero-order valence-electron chi connectivity index (χ0n) is 45.9. The Labute approximate surface area is 443 Å². The number of hydrazine groups is 1. The number of ketones is 3. The van der Waals surface area contributed by atoms with E-state index in [-0.39, 0.29) is 60.7 Å². The topological polar surface area (TPSA) is 263 Å². The lowest BCUT2D eigenvalue weighted by Crippen LogP contribution is -2.61. The molecular weight excluding hydrogens is 965 g/mol. The molecule has 2 amide bonds. The van der Waals surface area contributed by atoms with Gasteiger partial charge in [-0.2, -0.15) is 0 Å². The number of aromatic nitrogens is 1. The van der Waals surface area contributed by atoms with Crippen molar-refractivity contribution >= 4 is 35.1 Å². The third-order valence-corrected chi connectivity index (χ3v) is 15.6.